The SMILES string of the molecule is O=C1NC(=O)[C@@](CC2c3ccccc3Oc3ccccc32)([C@@H]2C[C@@H]2C(=O)O)N1. The number of benzene rings is 2. The zero-order valence-electron chi connectivity index (χ0n) is 14.8. The van der Waals surface area contributed by atoms with Crippen molar-refractivity contribution in [3.05, 3.63) is 59.7 Å². The van der Waals surface area contributed by atoms with Gasteiger partial charge < -0.3 is 15.2 Å². The highest BCUT2D eigenvalue weighted by Gasteiger charge is 2.64. The molecule has 28 heavy (non-hydrogen) atoms. The second-order valence-corrected chi connectivity index (χ2v) is 7.60. The van der Waals surface area contributed by atoms with Gasteiger partial charge in [-0.25, -0.2) is 4.79 Å². The Morgan fingerprint density at radius 2 is 1.68 bits per heavy atom. The molecular formula is C21H18N2O5. The van der Waals surface area contributed by atoms with E-state index < -0.39 is 35.3 Å². The van der Waals surface area contributed by atoms with Crippen LogP contribution in [0.2, 0.25) is 0 Å². The van der Waals surface area contributed by atoms with Crippen molar-refractivity contribution in [1.82, 2.24) is 10.6 Å². The van der Waals surface area contributed by atoms with Gasteiger partial charge in [0.05, 0.1) is 5.92 Å². The van der Waals surface area contributed by atoms with E-state index in [-0.39, 0.29) is 12.3 Å². The fourth-order valence-electron chi connectivity index (χ4n) is 4.62. The van der Waals surface area contributed by atoms with E-state index in [1.807, 2.05) is 48.5 Å². The van der Waals surface area contributed by atoms with Gasteiger partial charge in [0.25, 0.3) is 5.91 Å². The highest BCUT2D eigenvalue weighted by molar-refractivity contribution is 6.08. The second kappa shape index (κ2) is 5.82. The van der Waals surface area contributed by atoms with E-state index >= 15 is 0 Å². The van der Waals surface area contributed by atoms with E-state index in [1.165, 1.54) is 0 Å². The average molecular weight is 378 g/mol. The van der Waals surface area contributed by atoms with Crippen LogP contribution in [0.15, 0.2) is 48.5 Å². The van der Waals surface area contributed by atoms with Gasteiger partial charge in [-0.05, 0) is 25.0 Å². The minimum absolute atomic E-state index is 0.208. The summed E-state index contributed by atoms with van der Waals surface area (Å²) in [5, 5.41) is 14.5. The lowest BCUT2D eigenvalue weighted by Crippen LogP contribution is -2.51. The number of imide groups is 1. The molecular weight excluding hydrogens is 360 g/mol. The molecule has 7 nitrogen and oxygen atoms in total. The first-order valence-corrected chi connectivity index (χ1v) is 9.22. The normalized spacial score (nSPS) is 27.9. The molecule has 7 heteroatoms. The van der Waals surface area contributed by atoms with Crippen molar-refractivity contribution < 1.29 is 24.2 Å². The van der Waals surface area contributed by atoms with Gasteiger partial charge in [-0.1, -0.05) is 36.4 Å². The number of hydrogen-bond donors (Lipinski definition) is 3. The number of carbonyl (C=O) groups is 3. The molecule has 1 saturated carbocycles. The van der Waals surface area contributed by atoms with E-state index in [9.17, 15) is 19.5 Å². The maximum absolute atomic E-state index is 12.8. The number of ether oxygens (including phenoxy) is 1. The number of aliphatic carboxylic acids is 1. The number of carboxylic acids is 1. The number of para-hydroxylation sites is 2. The first-order valence-electron chi connectivity index (χ1n) is 9.22. The van der Waals surface area contributed by atoms with E-state index in [1.54, 1.807) is 0 Å². The third-order valence-corrected chi connectivity index (χ3v) is 6.04. The van der Waals surface area contributed by atoms with Gasteiger partial charge in [0.15, 0.2) is 0 Å². The predicted octanol–water partition coefficient (Wildman–Crippen LogP) is 2.61. The summed E-state index contributed by atoms with van der Waals surface area (Å²) in [5.74, 6) is -1.25. The molecule has 2 aromatic carbocycles. The largest absolute Gasteiger partial charge is 0.481 e. The van der Waals surface area contributed by atoms with E-state index in [2.05, 4.69) is 10.6 Å². The molecule has 2 aromatic rings. The molecule has 3 aliphatic rings. The average Bonchev–Trinajstić information content (AvgIpc) is 3.43. The Hall–Kier alpha value is -3.35. The molecule has 0 spiro atoms. The molecule has 142 valence electrons. The smallest absolute Gasteiger partial charge is 0.322 e. The van der Waals surface area contributed by atoms with Crippen LogP contribution in [0.25, 0.3) is 0 Å². The number of urea groups is 1. The summed E-state index contributed by atoms with van der Waals surface area (Å²) in [7, 11) is 0. The fourth-order valence-corrected chi connectivity index (χ4v) is 4.62. The van der Waals surface area contributed by atoms with Crippen LogP contribution in [0.4, 0.5) is 4.79 Å². The Balaban J connectivity index is 1.60. The van der Waals surface area contributed by atoms with Crippen LogP contribution in [0, 0.1) is 11.8 Å². The number of fused-ring (bicyclic) bond motifs is 2. The van der Waals surface area contributed by atoms with Crippen LogP contribution in [0.1, 0.15) is 29.9 Å². The number of carbonyl (C=O) groups excluding carboxylic acids is 2. The first-order chi connectivity index (χ1) is 13.5. The summed E-state index contributed by atoms with van der Waals surface area (Å²) >= 11 is 0. The Bertz CT molecular complexity index is 974. The zero-order valence-corrected chi connectivity index (χ0v) is 14.8. The molecule has 5 rings (SSSR count). The van der Waals surface area contributed by atoms with Gasteiger partial charge in [0.2, 0.25) is 0 Å². The molecule has 3 atom stereocenters. The number of carboxylic acid groups (broad SMARTS) is 1. The third-order valence-electron chi connectivity index (χ3n) is 6.04. The van der Waals surface area contributed by atoms with Gasteiger partial charge >= 0.3 is 12.0 Å². The van der Waals surface area contributed by atoms with Gasteiger partial charge in [0, 0.05) is 23.0 Å². The molecule has 3 amide bonds. The van der Waals surface area contributed by atoms with E-state index in [4.69, 9.17) is 4.74 Å². The van der Waals surface area contributed by atoms with Crippen LogP contribution in [0.3, 0.4) is 0 Å². The molecule has 0 aromatic heterocycles. The maximum atomic E-state index is 12.8. The number of hydrogen-bond acceptors (Lipinski definition) is 4. The van der Waals surface area contributed by atoms with Gasteiger partial charge in [0.1, 0.15) is 17.0 Å². The molecule has 0 bridgehead atoms. The number of amides is 3. The topological polar surface area (TPSA) is 105 Å². The second-order valence-electron chi connectivity index (χ2n) is 7.60. The van der Waals surface area contributed by atoms with Crippen molar-refractivity contribution in [2.24, 2.45) is 11.8 Å². The highest BCUT2D eigenvalue weighted by atomic mass is 16.5. The lowest BCUT2D eigenvalue weighted by Gasteiger charge is -2.35. The van der Waals surface area contributed by atoms with E-state index in [0.29, 0.717) is 17.9 Å². The van der Waals surface area contributed by atoms with Crippen molar-refractivity contribution in [1.29, 1.82) is 0 Å². The monoisotopic (exact) mass is 378 g/mol. The van der Waals surface area contributed by atoms with Crippen LogP contribution >= 0.6 is 0 Å². The maximum Gasteiger partial charge on any atom is 0.322 e. The van der Waals surface area contributed by atoms with Crippen LogP contribution in [-0.2, 0) is 9.59 Å². The fraction of sp³-hybridized carbons (Fsp3) is 0.286. The Morgan fingerprint density at radius 1 is 1.07 bits per heavy atom. The van der Waals surface area contributed by atoms with Gasteiger partial charge in [-0.15, -0.1) is 0 Å². The van der Waals surface area contributed by atoms with Crippen molar-refractivity contribution in [2.75, 3.05) is 0 Å². The molecule has 1 aliphatic carbocycles. The Labute approximate surface area is 160 Å². The summed E-state index contributed by atoms with van der Waals surface area (Å²) in [4.78, 5) is 36.3. The van der Waals surface area contributed by atoms with Crippen molar-refractivity contribution in [3.63, 3.8) is 0 Å². The van der Waals surface area contributed by atoms with Crippen molar-refractivity contribution in [3.8, 4) is 11.5 Å². The zero-order chi connectivity index (χ0) is 19.5. The first kappa shape index (κ1) is 16.8. The van der Waals surface area contributed by atoms with Gasteiger partial charge in [-0.2, -0.15) is 0 Å². The molecule has 2 aliphatic heterocycles. The summed E-state index contributed by atoms with van der Waals surface area (Å²) in [6.45, 7) is 0. The third kappa shape index (κ3) is 2.39. The highest BCUT2D eigenvalue weighted by Crippen LogP contribution is 2.54. The van der Waals surface area contributed by atoms with Crippen LogP contribution in [-0.4, -0.2) is 28.6 Å². The molecule has 0 unspecified atom stereocenters. The number of rotatable bonds is 4. The molecule has 0 radical (unpaired) electrons. The van der Waals surface area contributed by atoms with Crippen molar-refractivity contribution in [2.45, 2.75) is 24.3 Å². The molecule has 1 saturated heterocycles. The summed E-state index contributed by atoms with van der Waals surface area (Å²) in [6.07, 6.45) is 0.645. The lowest BCUT2D eigenvalue weighted by atomic mass is 9.75. The van der Waals surface area contributed by atoms with E-state index in [0.717, 1.165) is 11.1 Å². The predicted molar refractivity (Wildman–Crippen MR) is 98.1 cm³/mol. The Morgan fingerprint density at radius 3 is 2.18 bits per heavy atom. The molecule has 2 fully saturated rings. The minimum Gasteiger partial charge on any atom is -0.481 e. The Kier molecular flexibility index (Phi) is 3.49. The lowest BCUT2D eigenvalue weighted by molar-refractivity contribution is -0.139. The molecule has 2 heterocycles. The minimum atomic E-state index is -1.25. The van der Waals surface area contributed by atoms with Crippen LogP contribution < -0.4 is 15.4 Å². The summed E-state index contributed by atoms with van der Waals surface area (Å²) < 4.78 is 6.01. The standard InChI is InChI=1S/C21H18N2O5/c24-18(25)13-9-15(13)21(19(26)22-20(27)23-21)10-14-11-5-1-3-7-16(11)28-17-8-4-2-6-12(14)17/h1-8,13-15H,9-10H2,(H,24,25)(H2,22,23,26,27)/t13-,15+,21+/m0/s1. The van der Waals surface area contributed by atoms with Crippen molar-refractivity contribution >= 4 is 17.9 Å². The van der Waals surface area contributed by atoms with Gasteiger partial charge in [-0.3, -0.25) is 14.9 Å². The van der Waals surface area contributed by atoms with Crippen LogP contribution in [0.5, 0.6) is 11.5 Å². The summed E-state index contributed by atoms with van der Waals surface area (Å²) in [5.41, 5.74) is 0.589. The molecule has 3 N–H and O–H groups in total. The number of nitrogens with one attached hydrogen (secondary N) is 2. The quantitative estimate of drug-likeness (QED) is 0.710. The summed E-state index contributed by atoms with van der Waals surface area (Å²) in [6, 6.07) is 14.6.